The van der Waals surface area contributed by atoms with Gasteiger partial charge < -0.3 is 25.4 Å². The average Bonchev–Trinajstić information content (AvgIpc) is 2.82. The number of carbonyl (C=O) groups is 4. The Kier molecular flexibility index (Phi) is 10.9. The number of esters is 1. The molecular weight excluding hydrogens is 462 g/mol. The zero-order valence-electron chi connectivity index (χ0n) is 21.2. The zero-order valence-corrected chi connectivity index (χ0v) is 21.2. The summed E-state index contributed by atoms with van der Waals surface area (Å²) in [6.45, 7) is 6.71. The third-order valence-electron chi connectivity index (χ3n) is 4.92. The SMILES string of the molecule is CCOC(=O)CNC(=O)[C@H](Cc1ccccc1)NC(=O)[C@H](Cc1ccccc1)NC(=O)OC(C)(C)C. The molecule has 0 bridgehead atoms. The van der Waals surface area contributed by atoms with Crippen LogP contribution in [0.15, 0.2) is 60.7 Å². The molecule has 0 aliphatic heterocycles. The molecule has 0 aromatic heterocycles. The highest BCUT2D eigenvalue weighted by Crippen LogP contribution is 2.10. The summed E-state index contributed by atoms with van der Waals surface area (Å²) in [5.41, 5.74) is 0.884. The van der Waals surface area contributed by atoms with Crippen molar-refractivity contribution >= 4 is 23.9 Å². The minimum atomic E-state index is -1.00. The molecule has 0 saturated heterocycles. The van der Waals surface area contributed by atoms with Crippen molar-refractivity contribution in [1.29, 1.82) is 0 Å². The molecule has 0 aliphatic carbocycles. The Morgan fingerprint density at radius 3 is 1.75 bits per heavy atom. The predicted molar refractivity (Wildman–Crippen MR) is 135 cm³/mol. The fraction of sp³-hybridized carbons (Fsp3) is 0.407. The predicted octanol–water partition coefficient (Wildman–Crippen LogP) is 2.53. The second-order valence-electron chi connectivity index (χ2n) is 9.16. The largest absolute Gasteiger partial charge is 0.465 e. The van der Waals surface area contributed by atoms with E-state index in [-0.39, 0.29) is 26.0 Å². The summed E-state index contributed by atoms with van der Waals surface area (Å²) in [4.78, 5) is 50.5. The van der Waals surface area contributed by atoms with E-state index in [1.165, 1.54) is 0 Å². The summed E-state index contributed by atoms with van der Waals surface area (Å²) in [7, 11) is 0. The van der Waals surface area contributed by atoms with Gasteiger partial charge in [0.15, 0.2) is 0 Å². The molecule has 0 spiro atoms. The third-order valence-corrected chi connectivity index (χ3v) is 4.92. The fourth-order valence-electron chi connectivity index (χ4n) is 3.33. The Morgan fingerprint density at radius 2 is 1.28 bits per heavy atom. The van der Waals surface area contributed by atoms with Gasteiger partial charge in [0.05, 0.1) is 6.61 Å². The van der Waals surface area contributed by atoms with Crippen LogP contribution in [0, 0.1) is 0 Å². The number of ether oxygens (including phenoxy) is 2. The van der Waals surface area contributed by atoms with Gasteiger partial charge in [-0.25, -0.2) is 4.79 Å². The highest BCUT2D eigenvalue weighted by molar-refractivity contribution is 5.92. The number of amides is 3. The van der Waals surface area contributed by atoms with Gasteiger partial charge in [0, 0.05) is 12.8 Å². The normalized spacial score (nSPS) is 12.6. The second-order valence-corrected chi connectivity index (χ2v) is 9.16. The first-order valence-electron chi connectivity index (χ1n) is 11.9. The number of benzene rings is 2. The van der Waals surface area contributed by atoms with Crippen LogP contribution in [0.3, 0.4) is 0 Å². The molecule has 9 nitrogen and oxygen atoms in total. The molecule has 0 saturated carbocycles. The number of alkyl carbamates (subject to hydrolysis) is 1. The Morgan fingerprint density at radius 1 is 0.778 bits per heavy atom. The summed E-state index contributed by atoms with van der Waals surface area (Å²) in [5, 5.41) is 7.87. The van der Waals surface area contributed by atoms with Crippen LogP contribution in [0.5, 0.6) is 0 Å². The van der Waals surface area contributed by atoms with Crippen molar-refractivity contribution in [3.63, 3.8) is 0 Å². The van der Waals surface area contributed by atoms with Crippen LogP contribution in [0.25, 0.3) is 0 Å². The first-order chi connectivity index (χ1) is 17.1. The van der Waals surface area contributed by atoms with Crippen LogP contribution in [-0.2, 0) is 36.7 Å². The number of hydrogen-bond acceptors (Lipinski definition) is 6. The maximum Gasteiger partial charge on any atom is 0.408 e. The smallest absolute Gasteiger partial charge is 0.408 e. The zero-order chi connectivity index (χ0) is 26.6. The van der Waals surface area contributed by atoms with Crippen LogP contribution in [0.1, 0.15) is 38.8 Å². The molecular formula is C27H35N3O6. The van der Waals surface area contributed by atoms with Crippen LogP contribution >= 0.6 is 0 Å². The van der Waals surface area contributed by atoms with Crippen molar-refractivity contribution < 1.29 is 28.7 Å². The van der Waals surface area contributed by atoms with Gasteiger partial charge in [-0.05, 0) is 38.8 Å². The van der Waals surface area contributed by atoms with Crippen LogP contribution in [0.2, 0.25) is 0 Å². The Hall–Kier alpha value is -3.88. The molecule has 9 heteroatoms. The first kappa shape index (κ1) is 28.4. The van der Waals surface area contributed by atoms with E-state index in [2.05, 4.69) is 16.0 Å². The van der Waals surface area contributed by atoms with Gasteiger partial charge in [-0.1, -0.05) is 60.7 Å². The Labute approximate surface area is 211 Å². The van der Waals surface area contributed by atoms with Crippen molar-refractivity contribution in [3.8, 4) is 0 Å². The van der Waals surface area contributed by atoms with Gasteiger partial charge in [0.1, 0.15) is 24.2 Å². The van der Waals surface area contributed by atoms with E-state index < -0.39 is 41.6 Å². The third kappa shape index (κ3) is 10.6. The number of rotatable bonds is 11. The molecule has 2 aromatic rings. The van der Waals surface area contributed by atoms with Gasteiger partial charge in [-0.3, -0.25) is 14.4 Å². The molecule has 36 heavy (non-hydrogen) atoms. The van der Waals surface area contributed by atoms with Gasteiger partial charge in [0.25, 0.3) is 0 Å². The monoisotopic (exact) mass is 497 g/mol. The molecule has 0 fully saturated rings. The topological polar surface area (TPSA) is 123 Å². The van der Waals surface area contributed by atoms with E-state index in [0.717, 1.165) is 11.1 Å². The second kappa shape index (κ2) is 13.9. The molecule has 2 atom stereocenters. The highest BCUT2D eigenvalue weighted by atomic mass is 16.6. The quantitative estimate of drug-likeness (QED) is 0.410. The van der Waals surface area contributed by atoms with E-state index in [1.54, 1.807) is 27.7 Å². The first-order valence-corrected chi connectivity index (χ1v) is 11.9. The minimum absolute atomic E-state index is 0.186. The molecule has 0 heterocycles. The van der Waals surface area contributed by atoms with Crippen LogP contribution < -0.4 is 16.0 Å². The van der Waals surface area contributed by atoms with Crippen molar-refractivity contribution in [2.45, 2.75) is 58.2 Å². The van der Waals surface area contributed by atoms with E-state index in [4.69, 9.17) is 9.47 Å². The van der Waals surface area contributed by atoms with Crippen molar-refractivity contribution in [2.75, 3.05) is 13.2 Å². The van der Waals surface area contributed by atoms with Crippen molar-refractivity contribution in [3.05, 3.63) is 71.8 Å². The number of hydrogen-bond donors (Lipinski definition) is 3. The maximum atomic E-state index is 13.3. The molecule has 0 unspecified atom stereocenters. The van der Waals surface area contributed by atoms with Crippen LogP contribution in [0.4, 0.5) is 4.79 Å². The molecule has 2 aromatic carbocycles. The lowest BCUT2D eigenvalue weighted by Crippen LogP contribution is -2.55. The fourth-order valence-corrected chi connectivity index (χ4v) is 3.33. The molecule has 0 radical (unpaired) electrons. The van der Waals surface area contributed by atoms with E-state index >= 15 is 0 Å². The average molecular weight is 498 g/mol. The summed E-state index contributed by atoms with van der Waals surface area (Å²) >= 11 is 0. The highest BCUT2D eigenvalue weighted by Gasteiger charge is 2.29. The van der Waals surface area contributed by atoms with E-state index in [1.807, 2.05) is 60.7 Å². The lowest BCUT2D eigenvalue weighted by molar-refractivity contribution is -0.143. The number of carbonyl (C=O) groups excluding carboxylic acids is 4. The van der Waals surface area contributed by atoms with Gasteiger partial charge >= 0.3 is 12.1 Å². The summed E-state index contributed by atoms with van der Waals surface area (Å²) in [6, 6.07) is 16.4. The van der Waals surface area contributed by atoms with Crippen molar-refractivity contribution in [1.82, 2.24) is 16.0 Å². The molecule has 3 N–H and O–H groups in total. The molecule has 0 aliphatic rings. The summed E-state index contributed by atoms with van der Waals surface area (Å²) in [5.74, 6) is -1.68. The lowest BCUT2D eigenvalue weighted by Gasteiger charge is -2.25. The molecule has 3 amide bonds. The lowest BCUT2D eigenvalue weighted by atomic mass is 10.0. The summed E-state index contributed by atoms with van der Waals surface area (Å²) in [6.07, 6.45) is -0.370. The van der Waals surface area contributed by atoms with Gasteiger partial charge in [-0.2, -0.15) is 0 Å². The standard InChI is InChI=1S/C27H35N3O6/c1-5-35-23(31)18-28-24(32)21(16-19-12-8-6-9-13-19)29-25(33)22(17-20-14-10-7-11-15-20)30-26(34)36-27(2,3)4/h6-15,21-22H,5,16-18H2,1-4H3,(H,28,32)(H,29,33)(H,30,34)/t21-,22-/m0/s1. The van der Waals surface area contributed by atoms with Crippen LogP contribution in [-0.4, -0.2) is 54.7 Å². The van der Waals surface area contributed by atoms with Gasteiger partial charge in [-0.15, -0.1) is 0 Å². The summed E-state index contributed by atoms with van der Waals surface area (Å²) < 4.78 is 10.2. The van der Waals surface area contributed by atoms with E-state index in [0.29, 0.717) is 0 Å². The molecule has 194 valence electrons. The van der Waals surface area contributed by atoms with E-state index in [9.17, 15) is 19.2 Å². The Balaban J connectivity index is 2.21. The van der Waals surface area contributed by atoms with Gasteiger partial charge in [0.2, 0.25) is 11.8 Å². The maximum absolute atomic E-state index is 13.3. The van der Waals surface area contributed by atoms with Crippen molar-refractivity contribution in [2.24, 2.45) is 0 Å². The molecule has 2 rings (SSSR count). The minimum Gasteiger partial charge on any atom is -0.465 e. The Bertz CT molecular complexity index is 1010. The number of nitrogens with one attached hydrogen (secondary N) is 3.